The molecule has 0 saturated carbocycles. The highest BCUT2D eigenvalue weighted by atomic mass is 35.5. The first-order valence-corrected chi connectivity index (χ1v) is 6.23. The lowest BCUT2D eigenvalue weighted by atomic mass is 9.99. The van der Waals surface area contributed by atoms with Crippen LogP contribution in [-0.2, 0) is 0 Å². The maximum absolute atomic E-state index is 10.8. The second-order valence-corrected chi connectivity index (χ2v) is 5.07. The predicted octanol–water partition coefficient (Wildman–Crippen LogP) is 3.27. The highest BCUT2D eigenvalue weighted by Gasteiger charge is 2.19. The van der Waals surface area contributed by atoms with Gasteiger partial charge in [0.25, 0.3) is 0 Å². The fraction of sp³-hybridized carbons (Fsp3) is 0.462. The average Bonchev–Trinajstić information content (AvgIpc) is 2.28. The number of hydrogen-bond donors (Lipinski definition) is 1. The van der Waals surface area contributed by atoms with Crippen LogP contribution in [0.25, 0.3) is 0 Å². The number of hydrogen-bond acceptors (Lipinski definition) is 2. The van der Waals surface area contributed by atoms with E-state index in [1.54, 1.807) is 6.07 Å². The van der Waals surface area contributed by atoms with E-state index in [9.17, 15) is 4.79 Å². The van der Waals surface area contributed by atoms with Crippen molar-refractivity contribution in [1.82, 2.24) is 0 Å². The molecule has 2 rings (SSSR count). The molecule has 1 fully saturated rings. The lowest BCUT2D eigenvalue weighted by molar-refractivity contribution is 0.0697. The lowest BCUT2D eigenvalue weighted by Gasteiger charge is -2.33. The van der Waals surface area contributed by atoms with Gasteiger partial charge < -0.3 is 10.0 Å². The molecule has 0 aromatic heterocycles. The fourth-order valence-electron chi connectivity index (χ4n) is 2.30. The first-order valence-electron chi connectivity index (χ1n) is 5.85. The topological polar surface area (TPSA) is 40.5 Å². The van der Waals surface area contributed by atoms with Crippen LogP contribution in [0.4, 0.5) is 5.69 Å². The van der Waals surface area contributed by atoms with Crippen molar-refractivity contribution >= 4 is 23.3 Å². The maximum atomic E-state index is 10.8. The molecule has 3 nitrogen and oxygen atoms in total. The monoisotopic (exact) mass is 253 g/mol. The Hall–Kier alpha value is -1.22. The van der Waals surface area contributed by atoms with Gasteiger partial charge in [-0.2, -0.15) is 0 Å². The fourth-order valence-corrected chi connectivity index (χ4v) is 2.60. The smallest absolute Gasteiger partial charge is 0.335 e. The van der Waals surface area contributed by atoms with Gasteiger partial charge in [-0.3, -0.25) is 0 Å². The summed E-state index contributed by atoms with van der Waals surface area (Å²) in [7, 11) is 0. The van der Waals surface area contributed by atoms with Gasteiger partial charge in [-0.15, -0.1) is 0 Å². The highest BCUT2D eigenvalue weighted by molar-refractivity contribution is 6.33. The molecule has 1 aromatic carbocycles. The maximum Gasteiger partial charge on any atom is 0.335 e. The molecule has 0 radical (unpaired) electrons. The molecule has 4 heteroatoms. The van der Waals surface area contributed by atoms with Crippen LogP contribution in [-0.4, -0.2) is 24.2 Å². The molecular weight excluding hydrogens is 238 g/mol. The molecule has 1 atom stereocenters. The Bertz CT molecular complexity index is 433. The predicted molar refractivity (Wildman–Crippen MR) is 69.0 cm³/mol. The Morgan fingerprint density at radius 2 is 2.29 bits per heavy atom. The summed E-state index contributed by atoms with van der Waals surface area (Å²) in [5.41, 5.74) is 1.19. The largest absolute Gasteiger partial charge is 0.478 e. The van der Waals surface area contributed by atoms with Crippen molar-refractivity contribution in [2.24, 2.45) is 5.92 Å². The quantitative estimate of drug-likeness (QED) is 0.879. The number of rotatable bonds is 2. The number of nitrogens with zero attached hydrogens (tertiary/aromatic N) is 1. The van der Waals surface area contributed by atoms with E-state index in [4.69, 9.17) is 16.7 Å². The van der Waals surface area contributed by atoms with E-state index in [1.165, 1.54) is 12.5 Å². The van der Waals surface area contributed by atoms with Crippen molar-refractivity contribution in [3.8, 4) is 0 Å². The Balaban J connectivity index is 2.23. The van der Waals surface area contributed by atoms with E-state index >= 15 is 0 Å². The van der Waals surface area contributed by atoms with Gasteiger partial charge in [0.1, 0.15) is 0 Å². The van der Waals surface area contributed by atoms with Crippen LogP contribution in [0.3, 0.4) is 0 Å². The second-order valence-electron chi connectivity index (χ2n) is 4.66. The molecule has 1 saturated heterocycles. The average molecular weight is 254 g/mol. The van der Waals surface area contributed by atoms with E-state index in [0.29, 0.717) is 10.9 Å². The van der Waals surface area contributed by atoms with E-state index in [1.807, 2.05) is 6.07 Å². The van der Waals surface area contributed by atoms with Crippen LogP contribution >= 0.6 is 11.6 Å². The van der Waals surface area contributed by atoms with Crippen molar-refractivity contribution < 1.29 is 9.90 Å². The van der Waals surface area contributed by atoms with E-state index in [-0.39, 0.29) is 5.56 Å². The minimum atomic E-state index is -0.939. The number of benzene rings is 1. The van der Waals surface area contributed by atoms with Crippen molar-refractivity contribution in [3.63, 3.8) is 0 Å². The van der Waals surface area contributed by atoms with Crippen molar-refractivity contribution in [2.45, 2.75) is 19.8 Å². The number of anilines is 1. The van der Waals surface area contributed by atoms with E-state index < -0.39 is 5.97 Å². The summed E-state index contributed by atoms with van der Waals surface area (Å²) in [6.45, 7) is 4.22. The molecule has 17 heavy (non-hydrogen) atoms. The first-order chi connectivity index (χ1) is 8.08. The van der Waals surface area contributed by atoms with Gasteiger partial charge >= 0.3 is 5.97 Å². The standard InChI is InChI=1S/C13H16ClNO2/c1-9-3-2-6-15(8-9)12-5-4-10(13(16)17)7-11(12)14/h4-5,7,9H,2-3,6,8H2,1H3,(H,16,17). The van der Waals surface area contributed by atoms with Gasteiger partial charge in [0.2, 0.25) is 0 Å². The minimum Gasteiger partial charge on any atom is -0.478 e. The molecule has 0 spiro atoms. The Kier molecular flexibility index (Phi) is 3.57. The Labute approximate surface area is 106 Å². The van der Waals surface area contributed by atoms with E-state index in [2.05, 4.69) is 11.8 Å². The van der Waals surface area contributed by atoms with Crippen molar-refractivity contribution in [3.05, 3.63) is 28.8 Å². The number of halogens is 1. The van der Waals surface area contributed by atoms with Crippen LogP contribution in [0.1, 0.15) is 30.1 Å². The first kappa shape index (κ1) is 12.2. The number of carboxylic acids is 1. The van der Waals surface area contributed by atoms with Crippen molar-refractivity contribution in [1.29, 1.82) is 0 Å². The van der Waals surface area contributed by atoms with Gasteiger partial charge in [-0.1, -0.05) is 18.5 Å². The summed E-state index contributed by atoms with van der Waals surface area (Å²) in [4.78, 5) is 13.1. The van der Waals surface area contributed by atoms with Crippen LogP contribution in [0.2, 0.25) is 5.02 Å². The summed E-state index contributed by atoms with van der Waals surface area (Å²) >= 11 is 6.15. The highest BCUT2D eigenvalue weighted by Crippen LogP contribution is 2.30. The van der Waals surface area contributed by atoms with Crippen molar-refractivity contribution in [2.75, 3.05) is 18.0 Å². The van der Waals surface area contributed by atoms with Crippen LogP contribution in [0, 0.1) is 5.92 Å². The number of aromatic carboxylic acids is 1. The summed E-state index contributed by atoms with van der Waals surface area (Å²) < 4.78 is 0. The molecule has 0 amide bonds. The second kappa shape index (κ2) is 4.96. The molecule has 0 aliphatic carbocycles. The van der Waals surface area contributed by atoms with Gasteiger partial charge in [0.15, 0.2) is 0 Å². The summed E-state index contributed by atoms with van der Waals surface area (Å²) in [5.74, 6) is -0.274. The zero-order chi connectivity index (χ0) is 12.4. The SMILES string of the molecule is CC1CCCN(c2ccc(C(=O)O)cc2Cl)C1. The van der Waals surface area contributed by atoms with Gasteiger partial charge in [0, 0.05) is 13.1 Å². The normalized spacial score (nSPS) is 20.4. The molecule has 1 aliphatic rings. The summed E-state index contributed by atoms with van der Waals surface area (Å²) in [6, 6.07) is 4.95. The number of piperidine rings is 1. The third-order valence-corrected chi connectivity index (χ3v) is 3.50. The van der Waals surface area contributed by atoms with Crippen LogP contribution in [0.5, 0.6) is 0 Å². The number of carboxylic acid groups (broad SMARTS) is 1. The third kappa shape index (κ3) is 2.72. The zero-order valence-electron chi connectivity index (χ0n) is 9.82. The summed E-state index contributed by atoms with van der Waals surface area (Å²) in [6.07, 6.45) is 2.42. The molecule has 1 heterocycles. The van der Waals surface area contributed by atoms with Gasteiger partial charge in [-0.05, 0) is 37.0 Å². The van der Waals surface area contributed by atoms with Gasteiger partial charge in [-0.25, -0.2) is 4.79 Å². The van der Waals surface area contributed by atoms with Gasteiger partial charge in [0.05, 0.1) is 16.3 Å². The van der Waals surface area contributed by atoms with Crippen LogP contribution < -0.4 is 4.90 Å². The van der Waals surface area contributed by atoms with E-state index in [0.717, 1.165) is 25.2 Å². The Morgan fingerprint density at radius 3 is 2.88 bits per heavy atom. The molecule has 1 aliphatic heterocycles. The third-order valence-electron chi connectivity index (χ3n) is 3.19. The zero-order valence-corrected chi connectivity index (χ0v) is 10.6. The molecule has 92 valence electrons. The molecule has 1 aromatic rings. The van der Waals surface area contributed by atoms with Crippen LogP contribution in [0.15, 0.2) is 18.2 Å². The molecule has 0 bridgehead atoms. The lowest BCUT2D eigenvalue weighted by Crippen LogP contribution is -2.34. The summed E-state index contributed by atoms with van der Waals surface area (Å²) in [5, 5.41) is 9.41. The minimum absolute atomic E-state index is 0.240. The Morgan fingerprint density at radius 1 is 1.53 bits per heavy atom. The molecular formula is C13H16ClNO2. The molecule has 1 unspecified atom stereocenters. The number of carbonyl (C=O) groups is 1. The molecule has 1 N–H and O–H groups in total.